The van der Waals surface area contributed by atoms with E-state index in [9.17, 15) is 18.4 Å². The summed E-state index contributed by atoms with van der Waals surface area (Å²) < 4.78 is 26.6. The molecule has 0 radical (unpaired) electrons. The van der Waals surface area contributed by atoms with Crippen molar-refractivity contribution in [3.63, 3.8) is 0 Å². The molecule has 2 amide bonds. The van der Waals surface area contributed by atoms with E-state index in [1.807, 2.05) is 4.90 Å². The van der Waals surface area contributed by atoms with Gasteiger partial charge >= 0.3 is 0 Å². The number of likely N-dealkylation sites (tertiary alicyclic amines) is 1. The molecule has 1 aromatic rings. The minimum atomic E-state index is -0.860. The summed E-state index contributed by atoms with van der Waals surface area (Å²) in [5.74, 6) is -1.45. The predicted molar refractivity (Wildman–Crippen MR) is 101 cm³/mol. The van der Waals surface area contributed by atoms with Crippen LogP contribution >= 0.6 is 0 Å². The Morgan fingerprint density at radius 3 is 2.79 bits per heavy atom. The van der Waals surface area contributed by atoms with E-state index in [1.165, 1.54) is 6.07 Å². The van der Waals surface area contributed by atoms with E-state index in [-0.39, 0.29) is 35.6 Å². The SMILES string of the molecule is O=C(NCC1CCCN(C(=O)C2CC2c2ccc(F)c(F)c2)C1)C1CCCN1. The second-order valence-corrected chi connectivity index (χ2v) is 8.31. The fourth-order valence-corrected chi connectivity index (χ4v) is 4.52. The Balaban J connectivity index is 1.28. The highest BCUT2D eigenvalue weighted by Gasteiger charge is 2.46. The van der Waals surface area contributed by atoms with Gasteiger partial charge in [0.1, 0.15) is 0 Å². The number of hydrogen-bond acceptors (Lipinski definition) is 3. The van der Waals surface area contributed by atoms with E-state index in [1.54, 1.807) is 6.07 Å². The van der Waals surface area contributed by atoms with Crippen LogP contribution in [-0.2, 0) is 9.59 Å². The highest BCUT2D eigenvalue weighted by atomic mass is 19.2. The monoisotopic (exact) mass is 391 g/mol. The van der Waals surface area contributed by atoms with Gasteiger partial charge in [-0.15, -0.1) is 0 Å². The van der Waals surface area contributed by atoms with Crippen molar-refractivity contribution in [3.05, 3.63) is 35.4 Å². The topological polar surface area (TPSA) is 61.4 Å². The summed E-state index contributed by atoms with van der Waals surface area (Å²) in [6.45, 7) is 2.87. The Morgan fingerprint density at radius 2 is 2.04 bits per heavy atom. The second kappa shape index (κ2) is 8.15. The zero-order chi connectivity index (χ0) is 19.7. The van der Waals surface area contributed by atoms with Crippen LogP contribution in [0.4, 0.5) is 8.78 Å². The van der Waals surface area contributed by atoms with Crippen molar-refractivity contribution < 1.29 is 18.4 Å². The average Bonchev–Trinajstić information content (AvgIpc) is 3.31. The van der Waals surface area contributed by atoms with E-state index >= 15 is 0 Å². The van der Waals surface area contributed by atoms with Crippen LogP contribution in [0, 0.1) is 23.5 Å². The van der Waals surface area contributed by atoms with E-state index < -0.39 is 11.6 Å². The van der Waals surface area contributed by atoms with E-state index in [0.29, 0.717) is 25.1 Å². The highest BCUT2D eigenvalue weighted by Crippen LogP contribution is 2.49. The van der Waals surface area contributed by atoms with Gasteiger partial charge in [-0.3, -0.25) is 9.59 Å². The van der Waals surface area contributed by atoms with Crippen LogP contribution in [0.25, 0.3) is 0 Å². The summed E-state index contributed by atoms with van der Waals surface area (Å²) in [6.07, 6.45) is 4.53. The Kier molecular flexibility index (Phi) is 5.62. The molecule has 0 spiro atoms. The fourth-order valence-electron chi connectivity index (χ4n) is 4.52. The average molecular weight is 391 g/mol. The maximum Gasteiger partial charge on any atom is 0.237 e. The molecule has 2 N–H and O–H groups in total. The van der Waals surface area contributed by atoms with Crippen LogP contribution < -0.4 is 10.6 Å². The summed E-state index contributed by atoms with van der Waals surface area (Å²) >= 11 is 0. The van der Waals surface area contributed by atoms with Crippen molar-refractivity contribution in [1.29, 1.82) is 0 Å². The largest absolute Gasteiger partial charge is 0.354 e. The number of amides is 2. The lowest BCUT2D eigenvalue weighted by atomic mass is 9.97. The van der Waals surface area contributed by atoms with Crippen molar-refractivity contribution in [2.45, 2.75) is 44.1 Å². The number of benzene rings is 1. The van der Waals surface area contributed by atoms with Gasteiger partial charge < -0.3 is 15.5 Å². The number of nitrogens with one attached hydrogen (secondary N) is 2. The van der Waals surface area contributed by atoms with Crippen molar-refractivity contribution in [3.8, 4) is 0 Å². The summed E-state index contributed by atoms with van der Waals surface area (Å²) in [5, 5.41) is 6.22. The molecule has 7 heteroatoms. The van der Waals surface area contributed by atoms with Gasteiger partial charge in [-0.05, 0) is 68.2 Å². The first kappa shape index (κ1) is 19.3. The summed E-state index contributed by atoms with van der Waals surface area (Å²) in [5.41, 5.74) is 0.696. The normalized spacial score (nSPS) is 29.6. The minimum absolute atomic E-state index is 0.0175. The van der Waals surface area contributed by atoms with Crippen molar-refractivity contribution in [1.82, 2.24) is 15.5 Å². The molecule has 1 aliphatic carbocycles. The fraction of sp³-hybridized carbons (Fsp3) is 0.619. The molecule has 2 aliphatic heterocycles. The van der Waals surface area contributed by atoms with Gasteiger partial charge in [0, 0.05) is 25.6 Å². The molecule has 4 rings (SSSR count). The standard InChI is InChI=1S/C21H27F2N3O2/c22-17-6-5-14(9-18(17)23)15-10-16(15)21(28)26-8-2-3-13(12-26)11-25-20(27)19-4-1-7-24-19/h5-6,9,13,15-16,19,24H,1-4,7-8,10-12H2,(H,25,27). The lowest BCUT2D eigenvalue weighted by molar-refractivity contribution is -0.134. The van der Waals surface area contributed by atoms with Crippen LogP contribution in [0.5, 0.6) is 0 Å². The Morgan fingerprint density at radius 1 is 1.18 bits per heavy atom. The third-order valence-corrected chi connectivity index (χ3v) is 6.25. The number of hydrogen-bond donors (Lipinski definition) is 2. The van der Waals surface area contributed by atoms with E-state index in [0.717, 1.165) is 44.8 Å². The lowest BCUT2D eigenvalue weighted by Gasteiger charge is -2.33. The summed E-state index contributed by atoms with van der Waals surface area (Å²) in [7, 11) is 0. The van der Waals surface area contributed by atoms with Crippen LogP contribution in [0.2, 0.25) is 0 Å². The Hall–Kier alpha value is -2.02. The van der Waals surface area contributed by atoms with Gasteiger partial charge in [0.25, 0.3) is 0 Å². The molecule has 0 bridgehead atoms. The number of carbonyl (C=O) groups is 2. The lowest BCUT2D eigenvalue weighted by Crippen LogP contribution is -2.47. The molecular weight excluding hydrogens is 364 g/mol. The Bertz CT molecular complexity index is 751. The highest BCUT2D eigenvalue weighted by molar-refractivity contribution is 5.83. The van der Waals surface area contributed by atoms with Gasteiger partial charge in [0.2, 0.25) is 11.8 Å². The quantitative estimate of drug-likeness (QED) is 0.809. The molecule has 2 heterocycles. The molecule has 3 aliphatic rings. The molecule has 4 unspecified atom stereocenters. The molecule has 4 atom stereocenters. The number of halogens is 2. The molecule has 1 aromatic carbocycles. The third-order valence-electron chi connectivity index (χ3n) is 6.25. The molecule has 28 heavy (non-hydrogen) atoms. The second-order valence-electron chi connectivity index (χ2n) is 8.31. The van der Waals surface area contributed by atoms with E-state index in [4.69, 9.17) is 0 Å². The number of carbonyl (C=O) groups excluding carboxylic acids is 2. The maximum absolute atomic E-state index is 13.5. The van der Waals surface area contributed by atoms with Gasteiger partial charge in [-0.1, -0.05) is 6.07 Å². The number of rotatable bonds is 5. The van der Waals surface area contributed by atoms with Gasteiger partial charge in [-0.2, -0.15) is 0 Å². The zero-order valence-corrected chi connectivity index (χ0v) is 15.9. The van der Waals surface area contributed by atoms with Gasteiger partial charge in [0.15, 0.2) is 11.6 Å². The molecular formula is C21H27F2N3O2. The van der Waals surface area contributed by atoms with Gasteiger partial charge in [-0.25, -0.2) is 8.78 Å². The van der Waals surface area contributed by atoms with Gasteiger partial charge in [0.05, 0.1) is 6.04 Å². The van der Waals surface area contributed by atoms with Crippen LogP contribution in [0.15, 0.2) is 18.2 Å². The van der Waals surface area contributed by atoms with Crippen molar-refractivity contribution >= 4 is 11.8 Å². The molecule has 0 aromatic heterocycles. The molecule has 5 nitrogen and oxygen atoms in total. The molecule has 152 valence electrons. The zero-order valence-electron chi connectivity index (χ0n) is 15.9. The summed E-state index contributed by atoms with van der Waals surface area (Å²) in [6, 6.07) is 3.83. The van der Waals surface area contributed by atoms with E-state index in [2.05, 4.69) is 10.6 Å². The molecule has 2 saturated heterocycles. The van der Waals surface area contributed by atoms with Crippen LogP contribution in [-0.4, -0.2) is 48.9 Å². The maximum atomic E-state index is 13.5. The minimum Gasteiger partial charge on any atom is -0.354 e. The first-order valence-electron chi connectivity index (χ1n) is 10.3. The molecule has 3 fully saturated rings. The van der Waals surface area contributed by atoms with Crippen LogP contribution in [0.3, 0.4) is 0 Å². The smallest absolute Gasteiger partial charge is 0.237 e. The summed E-state index contributed by atoms with van der Waals surface area (Å²) in [4.78, 5) is 26.9. The van der Waals surface area contributed by atoms with Crippen molar-refractivity contribution in [2.75, 3.05) is 26.2 Å². The Labute approximate surface area is 163 Å². The molecule has 1 saturated carbocycles. The number of piperidine rings is 1. The first-order valence-corrected chi connectivity index (χ1v) is 10.3. The first-order chi connectivity index (χ1) is 13.5. The van der Waals surface area contributed by atoms with Crippen molar-refractivity contribution in [2.24, 2.45) is 11.8 Å². The van der Waals surface area contributed by atoms with Crippen LogP contribution in [0.1, 0.15) is 43.6 Å². The predicted octanol–water partition coefficient (Wildman–Crippen LogP) is 2.18. The number of nitrogens with zero attached hydrogens (tertiary/aromatic N) is 1. The third kappa shape index (κ3) is 4.19.